The number of phenolic OH excluding ortho intramolecular Hbond substituents is 1. The molecule has 0 radical (unpaired) electrons. The summed E-state index contributed by atoms with van der Waals surface area (Å²) in [5.41, 5.74) is 1.02. The smallest absolute Gasteiger partial charge is 0.245 e. The quantitative estimate of drug-likeness (QED) is 0.706. The van der Waals surface area contributed by atoms with E-state index in [1.807, 2.05) is 19.2 Å². The van der Waals surface area contributed by atoms with Crippen LogP contribution in [0.2, 0.25) is 0 Å². The molecule has 3 unspecified atom stereocenters. The summed E-state index contributed by atoms with van der Waals surface area (Å²) in [4.78, 5) is 10.3. The Labute approximate surface area is 168 Å². The molecule has 2 bridgehead atoms. The van der Waals surface area contributed by atoms with Crippen molar-refractivity contribution in [3.05, 3.63) is 36.8 Å². The molecule has 8 heteroatoms. The summed E-state index contributed by atoms with van der Waals surface area (Å²) in [6, 6.07) is 5.31. The molecule has 150 valence electrons. The second kappa shape index (κ2) is 6.88. The highest BCUT2D eigenvalue weighted by Crippen LogP contribution is 2.36. The lowest BCUT2D eigenvalue weighted by atomic mass is 9.95. The van der Waals surface area contributed by atoms with Gasteiger partial charge >= 0.3 is 0 Å². The van der Waals surface area contributed by atoms with Crippen molar-refractivity contribution in [2.75, 3.05) is 11.9 Å². The van der Waals surface area contributed by atoms with E-state index >= 15 is 0 Å². The fourth-order valence-electron chi connectivity index (χ4n) is 4.66. The Morgan fingerprint density at radius 3 is 2.79 bits per heavy atom. The Kier molecular flexibility index (Phi) is 4.31. The number of aromatic hydroxyl groups is 1. The van der Waals surface area contributed by atoms with Crippen LogP contribution in [0.3, 0.4) is 0 Å². The maximum absolute atomic E-state index is 15.0. The lowest BCUT2D eigenvalue weighted by Crippen LogP contribution is -2.56. The van der Waals surface area contributed by atoms with Crippen LogP contribution in [0.5, 0.6) is 5.75 Å². The Bertz CT molecular complexity index is 1040. The zero-order valence-corrected chi connectivity index (χ0v) is 16.3. The minimum Gasteiger partial charge on any atom is -0.507 e. The van der Waals surface area contributed by atoms with Crippen molar-refractivity contribution in [2.24, 2.45) is 5.92 Å². The molecule has 1 aromatic carbocycles. The van der Waals surface area contributed by atoms with E-state index in [1.165, 1.54) is 0 Å². The molecule has 2 aliphatic rings. The number of nitrogens with zero attached hydrogens (tertiary/aromatic N) is 5. The molecule has 3 aromatic rings. The number of hydrogen-bond donors (Lipinski definition) is 2. The van der Waals surface area contributed by atoms with Crippen molar-refractivity contribution in [2.45, 2.75) is 44.1 Å². The van der Waals surface area contributed by atoms with Gasteiger partial charge in [0.25, 0.3) is 0 Å². The molecule has 2 aliphatic heterocycles. The second-order valence-electron chi connectivity index (χ2n) is 8.19. The summed E-state index contributed by atoms with van der Waals surface area (Å²) in [7, 11) is 1.82. The highest BCUT2D eigenvalue weighted by molar-refractivity contribution is 5.89. The molecule has 2 aromatic heterocycles. The fraction of sp³-hybridized carbons (Fsp3) is 0.429. The SMILES string of the molecule is CC1CC2NC1C[C@H](N(C)c1ncc(-c3cc4ccncc4cc3O)nn1)[C@H]2F. The summed E-state index contributed by atoms with van der Waals surface area (Å²) < 4.78 is 15.0. The summed E-state index contributed by atoms with van der Waals surface area (Å²) in [6.07, 6.45) is 5.59. The van der Waals surface area contributed by atoms with Crippen LogP contribution in [0.4, 0.5) is 10.3 Å². The zero-order valence-electron chi connectivity index (χ0n) is 16.3. The van der Waals surface area contributed by atoms with Gasteiger partial charge in [0.15, 0.2) is 0 Å². The van der Waals surface area contributed by atoms with Crippen LogP contribution in [-0.2, 0) is 0 Å². The van der Waals surface area contributed by atoms with Crippen molar-refractivity contribution < 1.29 is 9.50 Å². The number of halogens is 1. The molecule has 5 rings (SSSR count). The number of pyridine rings is 1. The first-order chi connectivity index (χ1) is 14.0. The first-order valence-corrected chi connectivity index (χ1v) is 9.91. The fourth-order valence-corrected chi connectivity index (χ4v) is 4.66. The number of alkyl halides is 1. The van der Waals surface area contributed by atoms with Gasteiger partial charge in [-0.05, 0) is 42.3 Å². The molecular formula is C21H23FN6O. The summed E-state index contributed by atoms with van der Waals surface area (Å²) in [6.45, 7) is 2.17. The molecular weight excluding hydrogens is 371 g/mol. The number of anilines is 1. The van der Waals surface area contributed by atoms with Crippen LogP contribution >= 0.6 is 0 Å². The van der Waals surface area contributed by atoms with Crippen molar-refractivity contribution >= 4 is 16.7 Å². The van der Waals surface area contributed by atoms with E-state index in [1.54, 1.807) is 29.6 Å². The van der Waals surface area contributed by atoms with E-state index in [9.17, 15) is 9.50 Å². The third kappa shape index (κ3) is 3.07. The van der Waals surface area contributed by atoms with Crippen LogP contribution in [0.1, 0.15) is 19.8 Å². The second-order valence-corrected chi connectivity index (χ2v) is 8.19. The Morgan fingerprint density at radius 2 is 2.00 bits per heavy atom. The zero-order chi connectivity index (χ0) is 20.1. The number of benzene rings is 1. The van der Waals surface area contributed by atoms with E-state index in [-0.39, 0.29) is 17.8 Å². The first-order valence-electron chi connectivity index (χ1n) is 9.91. The number of aromatic nitrogens is 4. The Hall–Kier alpha value is -2.87. The monoisotopic (exact) mass is 394 g/mol. The van der Waals surface area contributed by atoms with Crippen molar-refractivity contribution in [1.82, 2.24) is 25.5 Å². The van der Waals surface area contributed by atoms with Crippen LogP contribution in [0.25, 0.3) is 22.0 Å². The molecule has 0 amide bonds. The lowest BCUT2D eigenvalue weighted by molar-refractivity contribution is 0.174. The standard InChI is InChI=1S/C21H23FN6O/c1-11-5-16-20(22)18(8-15(11)25-16)28(2)21-24-10-17(26-27-21)14-6-12-3-4-23-9-13(12)7-19(14)29/h3-4,6-7,9-11,15-16,18,20,25,29H,5,8H2,1-2H3/t11?,15?,16?,18-,20-/m0/s1. The van der Waals surface area contributed by atoms with Crippen molar-refractivity contribution in [1.29, 1.82) is 0 Å². The van der Waals surface area contributed by atoms with Gasteiger partial charge in [0, 0.05) is 42.5 Å². The minimum atomic E-state index is -0.970. The molecule has 2 fully saturated rings. The topological polar surface area (TPSA) is 87.1 Å². The molecule has 2 N–H and O–H groups in total. The number of nitrogens with one attached hydrogen (secondary N) is 1. The lowest BCUT2D eigenvalue weighted by Gasteiger charge is -2.38. The summed E-state index contributed by atoms with van der Waals surface area (Å²) in [5.74, 6) is 0.958. The number of hydrogen-bond acceptors (Lipinski definition) is 7. The van der Waals surface area contributed by atoms with Crippen LogP contribution in [-0.4, -0.2) is 56.6 Å². The number of rotatable bonds is 3. The third-order valence-corrected chi connectivity index (χ3v) is 6.38. The maximum Gasteiger partial charge on any atom is 0.245 e. The van der Waals surface area contributed by atoms with E-state index in [4.69, 9.17) is 0 Å². The summed E-state index contributed by atoms with van der Waals surface area (Å²) in [5, 5.41) is 24.0. The van der Waals surface area contributed by atoms with Gasteiger partial charge in [0.2, 0.25) is 5.95 Å². The van der Waals surface area contributed by atoms with E-state index in [0.717, 1.165) is 23.6 Å². The van der Waals surface area contributed by atoms with Gasteiger partial charge in [-0.1, -0.05) is 6.92 Å². The molecule has 29 heavy (non-hydrogen) atoms. The van der Waals surface area contributed by atoms with Gasteiger partial charge in [-0.25, -0.2) is 9.37 Å². The Balaban J connectivity index is 1.41. The van der Waals surface area contributed by atoms with Gasteiger partial charge < -0.3 is 15.3 Å². The average molecular weight is 394 g/mol. The van der Waals surface area contributed by atoms with Gasteiger partial charge in [-0.15, -0.1) is 10.2 Å². The molecule has 4 heterocycles. The van der Waals surface area contributed by atoms with Crippen molar-refractivity contribution in [3.8, 4) is 17.0 Å². The van der Waals surface area contributed by atoms with Crippen molar-refractivity contribution in [3.63, 3.8) is 0 Å². The molecule has 2 saturated heterocycles. The van der Waals surface area contributed by atoms with E-state index in [2.05, 4.69) is 32.4 Å². The number of fused-ring (bicyclic) bond motifs is 3. The molecule has 5 atom stereocenters. The normalized spacial score (nSPS) is 28.6. The predicted octanol–water partition coefficient (Wildman–Crippen LogP) is 2.71. The molecule has 0 saturated carbocycles. The predicted molar refractivity (Wildman–Crippen MR) is 108 cm³/mol. The van der Waals surface area contributed by atoms with E-state index in [0.29, 0.717) is 29.2 Å². The molecule has 7 nitrogen and oxygen atoms in total. The number of phenols is 1. The van der Waals surface area contributed by atoms with Crippen LogP contribution in [0.15, 0.2) is 36.8 Å². The van der Waals surface area contributed by atoms with Gasteiger partial charge in [-0.3, -0.25) is 4.98 Å². The molecule has 0 spiro atoms. The van der Waals surface area contributed by atoms with Gasteiger partial charge in [-0.2, -0.15) is 0 Å². The van der Waals surface area contributed by atoms with Gasteiger partial charge in [0.1, 0.15) is 17.6 Å². The van der Waals surface area contributed by atoms with Gasteiger partial charge in [0.05, 0.1) is 12.2 Å². The van der Waals surface area contributed by atoms with E-state index < -0.39 is 6.17 Å². The number of piperidine rings is 1. The third-order valence-electron chi connectivity index (χ3n) is 6.38. The maximum atomic E-state index is 15.0. The van der Waals surface area contributed by atoms with Crippen LogP contribution in [0, 0.1) is 5.92 Å². The highest BCUT2D eigenvalue weighted by Gasteiger charge is 2.47. The summed E-state index contributed by atoms with van der Waals surface area (Å²) >= 11 is 0. The molecule has 0 aliphatic carbocycles. The first kappa shape index (κ1) is 18.2. The Morgan fingerprint density at radius 1 is 1.14 bits per heavy atom. The largest absolute Gasteiger partial charge is 0.507 e. The highest BCUT2D eigenvalue weighted by atomic mass is 19.1. The average Bonchev–Trinajstić information content (AvgIpc) is 3.05. The van der Waals surface area contributed by atoms with Crippen LogP contribution < -0.4 is 10.2 Å². The minimum absolute atomic E-state index is 0.0930.